The van der Waals surface area contributed by atoms with Crippen LogP contribution in [0.4, 0.5) is 0 Å². The van der Waals surface area contributed by atoms with Crippen molar-refractivity contribution in [3.8, 4) is 0 Å². The van der Waals surface area contributed by atoms with Crippen LogP contribution in [0.3, 0.4) is 0 Å². The van der Waals surface area contributed by atoms with Crippen LogP contribution < -0.4 is 5.32 Å². The van der Waals surface area contributed by atoms with Gasteiger partial charge in [-0.1, -0.05) is 18.2 Å². The molecule has 1 aromatic carbocycles. The second-order valence-corrected chi connectivity index (χ2v) is 5.59. The van der Waals surface area contributed by atoms with Gasteiger partial charge in [-0.3, -0.25) is 14.5 Å². The van der Waals surface area contributed by atoms with Gasteiger partial charge in [0, 0.05) is 18.7 Å². The van der Waals surface area contributed by atoms with E-state index in [2.05, 4.69) is 5.32 Å². The highest BCUT2D eigenvalue weighted by Crippen LogP contribution is 2.18. The van der Waals surface area contributed by atoms with Crippen molar-refractivity contribution in [3.05, 3.63) is 35.9 Å². The fraction of sp³-hybridized carbons (Fsp3) is 0.500. The van der Waals surface area contributed by atoms with Crippen molar-refractivity contribution in [3.63, 3.8) is 0 Å². The number of carbonyl (C=O) groups excluding carboxylic acids is 1. The summed E-state index contributed by atoms with van der Waals surface area (Å²) in [5.74, 6) is -0.545. The molecule has 0 aliphatic carbocycles. The predicted octanol–water partition coefficient (Wildman–Crippen LogP) is 1.60. The molecule has 2 N–H and O–H groups in total. The van der Waals surface area contributed by atoms with Crippen molar-refractivity contribution in [2.75, 3.05) is 19.6 Å². The molecule has 0 radical (unpaired) electrons. The zero-order valence-electron chi connectivity index (χ0n) is 12.3. The number of piperidine rings is 1. The lowest BCUT2D eigenvalue weighted by Gasteiger charge is -2.35. The molecule has 5 heteroatoms. The number of aliphatic carboxylic acids is 1. The van der Waals surface area contributed by atoms with Gasteiger partial charge in [0.25, 0.3) is 5.91 Å². The molecule has 0 unspecified atom stereocenters. The third kappa shape index (κ3) is 4.29. The standard InChI is InChI=1S/C16H22N2O3/c1-12(16(20)21)18-9-5-6-13(11-18)10-17-15(19)14-7-3-2-4-8-14/h2-4,7-8,12-13H,5-6,9-11H2,1H3,(H,17,19)(H,20,21)/t12-,13+/m0/s1. The maximum absolute atomic E-state index is 12.0. The van der Waals surface area contributed by atoms with E-state index in [9.17, 15) is 9.59 Å². The lowest BCUT2D eigenvalue weighted by atomic mass is 9.96. The molecule has 1 amide bonds. The Morgan fingerprint density at radius 3 is 2.76 bits per heavy atom. The summed E-state index contributed by atoms with van der Waals surface area (Å²) >= 11 is 0. The molecule has 114 valence electrons. The van der Waals surface area contributed by atoms with Crippen LogP contribution in [-0.2, 0) is 4.79 Å². The molecular weight excluding hydrogens is 268 g/mol. The maximum atomic E-state index is 12.0. The van der Waals surface area contributed by atoms with Crippen LogP contribution in [0.1, 0.15) is 30.1 Å². The zero-order valence-corrected chi connectivity index (χ0v) is 12.3. The van der Waals surface area contributed by atoms with E-state index in [0.29, 0.717) is 18.0 Å². The van der Waals surface area contributed by atoms with Crippen LogP contribution in [0.2, 0.25) is 0 Å². The van der Waals surface area contributed by atoms with Crippen LogP contribution in [0, 0.1) is 5.92 Å². The highest BCUT2D eigenvalue weighted by Gasteiger charge is 2.27. The summed E-state index contributed by atoms with van der Waals surface area (Å²) in [6.07, 6.45) is 2.00. The fourth-order valence-corrected chi connectivity index (χ4v) is 2.70. The predicted molar refractivity (Wildman–Crippen MR) is 80.2 cm³/mol. The van der Waals surface area contributed by atoms with Crippen molar-refractivity contribution in [1.82, 2.24) is 10.2 Å². The Morgan fingerprint density at radius 1 is 1.38 bits per heavy atom. The van der Waals surface area contributed by atoms with Gasteiger partial charge in [-0.15, -0.1) is 0 Å². The number of nitrogens with one attached hydrogen (secondary N) is 1. The summed E-state index contributed by atoms with van der Waals surface area (Å²) in [6.45, 7) is 3.85. The van der Waals surface area contributed by atoms with Gasteiger partial charge >= 0.3 is 5.97 Å². The Morgan fingerprint density at radius 2 is 2.10 bits per heavy atom. The van der Waals surface area contributed by atoms with E-state index in [0.717, 1.165) is 25.9 Å². The number of amides is 1. The van der Waals surface area contributed by atoms with Crippen LogP contribution in [0.25, 0.3) is 0 Å². The monoisotopic (exact) mass is 290 g/mol. The SMILES string of the molecule is C[C@@H](C(=O)O)N1CCC[C@H](CNC(=O)c2ccccc2)C1. The Balaban J connectivity index is 1.83. The van der Waals surface area contributed by atoms with Crippen molar-refractivity contribution in [2.24, 2.45) is 5.92 Å². The molecule has 21 heavy (non-hydrogen) atoms. The smallest absolute Gasteiger partial charge is 0.320 e. The Kier molecular flexibility index (Phi) is 5.33. The van der Waals surface area contributed by atoms with E-state index in [1.165, 1.54) is 0 Å². The summed E-state index contributed by atoms with van der Waals surface area (Å²) in [6, 6.07) is 8.67. The minimum Gasteiger partial charge on any atom is -0.480 e. The molecule has 2 atom stereocenters. The molecule has 1 aliphatic rings. The van der Waals surface area contributed by atoms with Crippen molar-refractivity contribution in [2.45, 2.75) is 25.8 Å². The lowest BCUT2D eigenvalue weighted by molar-refractivity contribution is -0.143. The molecule has 5 nitrogen and oxygen atoms in total. The third-order valence-electron chi connectivity index (χ3n) is 4.04. The number of carboxylic acid groups (broad SMARTS) is 1. The topological polar surface area (TPSA) is 69.6 Å². The fourth-order valence-electron chi connectivity index (χ4n) is 2.70. The zero-order chi connectivity index (χ0) is 15.2. The van der Waals surface area contributed by atoms with Crippen LogP contribution in [0.15, 0.2) is 30.3 Å². The normalized spacial score (nSPS) is 20.7. The lowest BCUT2D eigenvalue weighted by Crippen LogP contribution is -2.47. The average Bonchev–Trinajstić information content (AvgIpc) is 2.53. The molecule has 1 saturated heterocycles. The Hall–Kier alpha value is -1.88. The molecular formula is C16H22N2O3. The van der Waals surface area contributed by atoms with Gasteiger partial charge in [0.2, 0.25) is 0 Å². The quantitative estimate of drug-likeness (QED) is 0.864. The number of likely N-dealkylation sites (tertiary alicyclic amines) is 1. The van der Waals surface area contributed by atoms with E-state index < -0.39 is 12.0 Å². The van der Waals surface area contributed by atoms with E-state index in [1.807, 2.05) is 23.1 Å². The summed E-state index contributed by atoms with van der Waals surface area (Å²) in [7, 11) is 0. The van der Waals surface area contributed by atoms with Gasteiger partial charge in [-0.05, 0) is 44.4 Å². The minimum absolute atomic E-state index is 0.0704. The highest BCUT2D eigenvalue weighted by atomic mass is 16.4. The molecule has 0 bridgehead atoms. The molecule has 0 saturated carbocycles. The van der Waals surface area contributed by atoms with Crippen molar-refractivity contribution < 1.29 is 14.7 Å². The average molecular weight is 290 g/mol. The van der Waals surface area contributed by atoms with E-state index >= 15 is 0 Å². The Labute approximate surface area is 125 Å². The second kappa shape index (κ2) is 7.22. The van der Waals surface area contributed by atoms with Gasteiger partial charge in [0.1, 0.15) is 6.04 Å². The van der Waals surface area contributed by atoms with Crippen LogP contribution >= 0.6 is 0 Å². The van der Waals surface area contributed by atoms with E-state index in [-0.39, 0.29) is 5.91 Å². The molecule has 1 fully saturated rings. The molecule has 0 aromatic heterocycles. The minimum atomic E-state index is -0.788. The maximum Gasteiger partial charge on any atom is 0.320 e. The highest BCUT2D eigenvalue weighted by molar-refractivity contribution is 5.94. The molecule has 1 heterocycles. The summed E-state index contributed by atoms with van der Waals surface area (Å²) in [5.41, 5.74) is 0.657. The van der Waals surface area contributed by atoms with Crippen LogP contribution in [0.5, 0.6) is 0 Å². The van der Waals surface area contributed by atoms with Gasteiger partial charge in [-0.25, -0.2) is 0 Å². The first-order chi connectivity index (χ1) is 10.1. The summed E-state index contributed by atoms with van der Waals surface area (Å²) in [4.78, 5) is 25.0. The van der Waals surface area contributed by atoms with Gasteiger partial charge in [0.05, 0.1) is 0 Å². The molecule has 1 aromatic rings. The number of hydrogen-bond acceptors (Lipinski definition) is 3. The summed E-state index contributed by atoms with van der Waals surface area (Å²) in [5, 5.41) is 12.0. The number of benzene rings is 1. The number of carboxylic acids is 1. The van der Waals surface area contributed by atoms with Gasteiger partial charge in [0.15, 0.2) is 0 Å². The summed E-state index contributed by atoms with van der Waals surface area (Å²) < 4.78 is 0. The van der Waals surface area contributed by atoms with Crippen molar-refractivity contribution >= 4 is 11.9 Å². The Bertz CT molecular complexity index is 490. The number of nitrogens with zero attached hydrogens (tertiary/aromatic N) is 1. The first-order valence-electron chi connectivity index (χ1n) is 7.38. The first kappa shape index (κ1) is 15.5. The van der Waals surface area contributed by atoms with E-state index in [4.69, 9.17) is 5.11 Å². The van der Waals surface area contributed by atoms with Crippen LogP contribution in [-0.4, -0.2) is 47.6 Å². The largest absolute Gasteiger partial charge is 0.480 e. The number of rotatable bonds is 5. The first-order valence-corrected chi connectivity index (χ1v) is 7.38. The van der Waals surface area contributed by atoms with Gasteiger partial charge < -0.3 is 10.4 Å². The van der Waals surface area contributed by atoms with E-state index in [1.54, 1.807) is 19.1 Å². The number of carbonyl (C=O) groups is 2. The molecule has 2 rings (SSSR count). The number of hydrogen-bond donors (Lipinski definition) is 2. The van der Waals surface area contributed by atoms with Crippen molar-refractivity contribution in [1.29, 1.82) is 0 Å². The molecule has 0 spiro atoms. The van der Waals surface area contributed by atoms with Gasteiger partial charge in [-0.2, -0.15) is 0 Å². The molecule has 1 aliphatic heterocycles. The third-order valence-corrected chi connectivity index (χ3v) is 4.04. The second-order valence-electron chi connectivity index (χ2n) is 5.59.